The predicted molar refractivity (Wildman–Crippen MR) is 137 cm³/mol. The van der Waals surface area contributed by atoms with Crippen molar-refractivity contribution in [1.82, 2.24) is 4.90 Å². The van der Waals surface area contributed by atoms with Gasteiger partial charge in [-0.05, 0) is 42.8 Å². The fourth-order valence-corrected chi connectivity index (χ4v) is 3.85. The zero-order chi connectivity index (χ0) is 25.9. The van der Waals surface area contributed by atoms with Gasteiger partial charge in [0.15, 0.2) is 0 Å². The number of carbonyl (C=O) groups excluding carboxylic acids is 2. The van der Waals surface area contributed by atoms with Gasteiger partial charge in [-0.15, -0.1) is 0 Å². The molecule has 1 unspecified atom stereocenters. The summed E-state index contributed by atoms with van der Waals surface area (Å²) in [6, 6.07) is 12.9. The number of ether oxygens (including phenoxy) is 3. The first-order chi connectivity index (χ1) is 17.4. The van der Waals surface area contributed by atoms with Crippen molar-refractivity contribution >= 4 is 34.7 Å². The monoisotopic (exact) mass is 502 g/mol. The van der Waals surface area contributed by atoms with Gasteiger partial charge in [-0.1, -0.05) is 13.0 Å². The molecule has 196 valence electrons. The van der Waals surface area contributed by atoms with Gasteiger partial charge in [0.05, 0.1) is 30.1 Å². The number of rotatable bonds is 12. The van der Waals surface area contributed by atoms with Crippen molar-refractivity contribution in [1.29, 1.82) is 0 Å². The smallest absolute Gasteiger partial charge is 0.338 e. The Labute approximate surface area is 211 Å². The summed E-state index contributed by atoms with van der Waals surface area (Å²) < 4.78 is 28.3. The molecule has 3 N–H and O–H groups in total. The second kappa shape index (κ2) is 13.6. The topological polar surface area (TPSA) is 106 Å². The molecule has 9 nitrogen and oxygen atoms in total. The van der Waals surface area contributed by atoms with E-state index in [1.54, 1.807) is 18.2 Å². The quantitative estimate of drug-likeness (QED) is 0.256. The summed E-state index contributed by atoms with van der Waals surface area (Å²) in [6.07, 6.45) is -0.678. The molecule has 1 saturated heterocycles. The Morgan fingerprint density at radius 2 is 1.89 bits per heavy atom. The average molecular weight is 503 g/mol. The maximum Gasteiger partial charge on any atom is 0.338 e. The molecule has 0 aliphatic carbocycles. The molecule has 2 aromatic carbocycles. The lowest BCUT2D eigenvalue weighted by atomic mass is 10.1. The number of hydrogen-bond donors (Lipinski definition) is 2. The van der Waals surface area contributed by atoms with Gasteiger partial charge in [0.25, 0.3) is 0 Å². The number of benzene rings is 2. The average Bonchev–Trinajstić information content (AvgIpc) is 2.86. The van der Waals surface area contributed by atoms with Crippen molar-refractivity contribution in [2.75, 3.05) is 69.0 Å². The van der Waals surface area contributed by atoms with Crippen LogP contribution in [0.15, 0.2) is 42.5 Å². The van der Waals surface area contributed by atoms with E-state index in [4.69, 9.17) is 19.9 Å². The van der Waals surface area contributed by atoms with Crippen molar-refractivity contribution in [2.45, 2.75) is 26.1 Å². The molecule has 0 bridgehead atoms. The van der Waals surface area contributed by atoms with Gasteiger partial charge in [-0.25, -0.2) is 9.18 Å². The highest BCUT2D eigenvalue weighted by Crippen LogP contribution is 2.27. The third-order valence-corrected chi connectivity index (χ3v) is 5.80. The second-order valence-electron chi connectivity index (χ2n) is 8.56. The highest BCUT2D eigenvalue weighted by molar-refractivity contribution is 5.92. The molecule has 3 rings (SSSR count). The Morgan fingerprint density at radius 1 is 1.11 bits per heavy atom. The number of nitrogens with zero attached hydrogens (tertiary/aromatic N) is 2. The van der Waals surface area contributed by atoms with E-state index in [1.807, 2.05) is 36.1 Å². The van der Waals surface area contributed by atoms with Crippen molar-refractivity contribution < 1.29 is 28.2 Å². The fourth-order valence-electron chi connectivity index (χ4n) is 3.85. The molecule has 0 spiro atoms. The first-order valence-electron chi connectivity index (χ1n) is 12.1. The van der Waals surface area contributed by atoms with Crippen LogP contribution in [0.1, 0.15) is 30.1 Å². The normalized spacial score (nSPS) is 14.8. The molecule has 0 aromatic heterocycles. The van der Waals surface area contributed by atoms with Crippen LogP contribution >= 0.6 is 0 Å². The SMILES string of the molecule is CCCC(F)OC(=O)CN1CCN(c2cccc(Nc3ccc(C(=O)OCCOC)cc3N)c2)CC1. The van der Waals surface area contributed by atoms with E-state index < -0.39 is 18.3 Å². The number of nitrogens with two attached hydrogens (primary N) is 1. The maximum atomic E-state index is 13.5. The van der Waals surface area contributed by atoms with Gasteiger partial charge in [0.2, 0.25) is 6.36 Å². The fraction of sp³-hybridized carbons (Fsp3) is 0.462. The van der Waals surface area contributed by atoms with Crippen LogP contribution < -0.4 is 16.0 Å². The molecule has 10 heteroatoms. The zero-order valence-electron chi connectivity index (χ0n) is 20.9. The molecule has 2 aromatic rings. The van der Waals surface area contributed by atoms with Crippen LogP contribution in [0.25, 0.3) is 0 Å². The number of esters is 2. The number of nitrogens with one attached hydrogen (secondary N) is 1. The second-order valence-corrected chi connectivity index (χ2v) is 8.56. The van der Waals surface area contributed by atoms with Crippen LogP contribution in [-0.2, 0) is 19.0 Å². The Kier molecular flexibility index (Phi) is 10.3. The van der Waals surface area contributed by atoms with E-state index in [2.05, 4.69) is 10.2 Å². The van der Waals surface area contributed by atoms with E-state index in [0.29, 0.717) is 43.1 Å². The number of nitrogen functional groups attached to an aromatic ring is 1. The molecule has 1 atom stereocenters. The summed E-state index contributed by atoms with van der Waals surface area (Å²) in [5.74, 6) is -0.979. The van der Waals surface area contributed by atoms with Crippen LogP contribution in [-0.4, -0.2) is 76.2 Å². The minimum Gasteiger partial charge on any atom is -0.460 e. The van der Waals surface area contributed by atoms with Crippen LogP contribution in [0.3, 0.4) is 0 Å². The van der Waals surface area contributed by atoms with Crippen LogP contribution in [0, 0.1) is 0 Å². The Balaban J connectivity index is 1.53. The summed E-state index contributed by atoms with van der Waals surface area (Å²) >= 11 is 0. The van der Waals surface area contributed by atoms with Gasteiger partial charge < -0.3 is 30.2 Å². The van der Waals surface area contributed by atoms with Gasteiger partial charge in [0, 0.05) is 51.1 Å². The maximum absolute atomic E-state index is 13.5. The van der Waals surface area contributed by atoms with Gasteiger partial charge >= 0.3 is 11.9 Å². The van der Waals surface area contributed by atoms with E-state index in [1.165, 1.54) is 7.11 Å². The Hall–Kier alpha value is -3.37. The Bertz CT molecular complexity index is 1010. The Morgan fingerprint density at radius 3 is 2.58 bits per heavy atom. The predicted octanol–water partition coefficient (Wildman–Crippen LogP) is 3.58. The van der Waals surface area contributed by atoms with Crippen molar-refractivity contribution in [3.63, 3.8) is 0 Å². The number of carbonyl (C=O) groups is 2. The first kappa shape index (κ1) is 27.2. The number of methoxy groups -OCH3 is 1. The number of hydrogen-bond acceptors (Lipinski definition) is 9. The van der Waals surface area contributed by atoms with Crippen LogP contribution in [0.5, 0.6) is 0 Å². The standard InChI is InChI=1S/C26H35FN4O5/c1-3-5-24(27)36-25(32)18-30-10-12-31(13-11-30)21-7-4-6-20(17-21)29-23-9-8-19(16-22(23)28)26(33)35-15-14-34-2/h4,6-9,16-17,24,29H,3,5,10-15,18,28H2,1-2H3. The highest BCUT2D eigenvalue weighted by Gasteiger charge is 2.21. The van der Waals surface area contributed by atoms with Gasteiger partial charge in [-0.3, -0.25) is 9.69 Å². The summed E-state index contributed by atoms with van der Waals surface area (Å²) in [5.41, 5.74) is 9.54. The molecule has 1 heterocycles. The largest absolute Gasteiger partial charge is 0.460 e. The van der Waals surface area contributed by atoms with Gasteiger partial charge in [0.1, 0.15) is 6.61 Å². The molecule has 1 aliphatic rings. The summed E-state index contributed by atoms with van der Waals surface area (Å²) in [7, 11) is 1.54. The van der Waals surface area contributed by atoms with Crippen LogP contribution in [0.2, 0.25) is 0 Å². The molecular formula is C26H35FN4O5. The minimum atomic E-state index is -1.53. The number of alkyl halides is 1. The van der Waals surface area contributed by atoms with E-state index in [0.717, 1.165) is 24.5 Å². The molecule has 0 saturated carbocycles. The van der Waals surface area contributed by atoms with Crippen molar-refractivity contribution in [3.8, 4) is 0 Å². The van der Waals surface area contributed by atoms with E-state index >= 15 is 0 Å². The van der Waals surface area contributed by atoms with Crippen LogP contribution in [0.4, 0.5) is 27.1 Å². The number of anilines is 4. The molecule has 36 heavy (non-hydrogen) atoms. The lowest BCUT2D eigenvalue weighted by molar-refractivity contribution is -0.159. The highest BCUT2D eigenvalue weighted by atomic mass is 19.1. The van der Waals surface area contributed by atoms with Gasteiger partial charge in [-0.2, -0.15) is 0 Å². The summed E-state index contributed by atoms with van der Waals surface area (Å²) in [4.78, 5) is 28.3. The third kappa shape index (κ3) is 8.10. The van der Waals surface area contributed by atoms with Crippen molar-refractivity contribution in [2.24, 2.45) is 0 Å². The number of halogens is 1. The molecule has 0 radical (unpaired) electrons. The third-order valence-electron chi connectivity index (χ3n) is 5.80. The van der Waals surface area contributed by atoms with Crippen molar-refractivity contribution in [3.05, 3.63) is 48.0 Å². The molecule has 1 fully saturated rings. The molecule has 1 aliphatic heterocycles. The molecule has 0 amide bonds. The minimum absolute atomic E-state index is 0.0920. The lowest BCUT2D eigenvalue weighted by Crippen LogP contribution is -2.48. The summed E-state index contributed by atoms with van der Waals surface area (Å²) in [5, 5.41) is 3.30. The van der Waals surface area contributed by atoms with E-state index in [-0.39, 0.29) is 19.6 Å². The summed E-state index contributed by atoms with van der Waals surface area (Å²) in [6.45, 7) is 5.25. The first-order valence-corrected chi connectivity index (χ1v) is 12.1. The zero-order valence-corrected chi connectivity index (χ0v) is 20.9. The molecular weight excluding hydrogens is 467 g/mol. The van der Waals surface area contributed by atoms with E-state index in [9.17, 15) is 14.0 Å². The lowest BCUT2D eigenvalue weighted by Gasteiger charge is -2.35. The number of piperazine rings is 1.